The number of hydrogen-bond acceptors (Lipinski definition) is 3. The summed E-state index contributed by atoms with van der Waals surface area (Å²) in [6, 6.07) is 12.0. The number of benzene rings is 2. The van der Waals surface area contributed by atoms with Crippen molar-refractivity contribution in [2.24, 2.45) is 11.8 Å². The van der Waals surface area contributed by atoms with E-state index in [1.54, 1.807) is 6.07 Å². The molecule has 1 aromatic heterocycles. The lowest BCUT2D eigenvalue weighted by atomic mass is 9.87. The fourth-order valence-corrected chi connectivity index (χ4v) is 4.60. The fraction of sp³-hybridized carbons (Fsp3) is 0.360. The van der Waals surface area contributed by atoms with Crippen molar-refractivity contribution in [3.05, 3.63) is 64.8 Å². The summed E-state index contributed by atoms with van der Waals surface area (Å²) in [5, 5.41) is 1.15. The van der Waals surface area contributed by atoms with E-state index >= 15 is 0 Å². The number of fused-ring (bicyclic) bond motifs is 2. The monoisotopic (exact) mass is 387 g/mol. The third kappa shape index (κ3) is 3.07. The van der Waals surface area contributed by atoms with Crippen LogP contribution in [-0.2, 0) is 0 Å². The predicted molar refractivity (Wildman–Crippen MR) is 113 cm³/mol. The van der Waals surface area contributed by atoms with Crippen LogP contribution in [0.25, 0.3) is 10.9 Å². The van der Waals surface area contributed by atoms with Gasteiger partial charge in [0.15, 0.2) is 11.6 Å². The quantitative estimate of drug-likeness (QED) is 0.567. The number of carbonyl (C=O) groups is 2. The number of aromatic amines is 1. The van der Waals surface area contributed by atoms with Gasteiger partial charge in [0.05, 0.1) is 12.2 Å². The second-order valence-corrected chi connectivity index (χ2v) is 8.47. The van der Waals surface area contributed by atoms with Crippen molar-refractivity contribution in [3.63, 3.8) is 0 Å². The zero-order valence-corrected chi connectivity index (χ0v) is 16.8. The second-order valence-electron chi connectivity index (χ2n) is 8.47. The van der Waals surface area contributed by atoms with E-state index in [1.165, 1.54) is 0 Å². The molecule has 1 fully saturated rings. The van der Waals surface area contributed by atoms with Gasteiger partial charge >= 0.3 is 0 Å². The zero-order chi connectivity index (χ0) is 20.1. The van der Waals surface area contributed by atoms with Crippen molar-refractivity contribution >= 4 is 22.5 Å². The number of rotatable bonds is 6. The molecular formula is C25H25NO3. The SMILES string of the molecule is CCC(=O)c1cc(C(=O)C[C@H]2C[C@@H]2C)cc2c1OC[C@H]2c1cccc2[nH]ccc12. The molecule has 1 aliphatic carbocycles. The Morgan fingerprint density at radius 2 is 1.97 bits per heavy atom. The molecule has 0 radical (unpaired) electrons. The van der Waals surface area contributed by atoms with Gasteiger partial charge in [0.2, 0.25) is 0 Å². The first kappa shape index (κ1) is 18.2. The Bertz CT molecular complexity index is 1130. The molecule has 0 bridgehead atoms. The van der Waals surface area contributed by atoms with E-state index < -0.39 is 0 Å². The number of aromatic nitrogens is 1. The van der Waals surface area contributed by atoms with Gasteiger partial charge in [-0.05, 0) is 48.1 Å². The highest BCUT2D eigenvalue weighted by molar-refractivity contribution is 6.04. The first-order valence-corrected chi connectivity index (χ1v) is 10.5. The lowest BCUT2D eigenvalue weighted by Crippen LogP contribution is -2.07. The van der Waals surface area contributed by atoms with Crippen LogP contribution in [0.15, 0.2) is 42.6 Å². The molecule has 2 aliphatic rings. The van der Waals surface area contributed by atoms with Gasteiger partial charge in [0, 0.05) is 47.0 Å². The van der Waals surface area contributed by atoms with Crippen LogP contribution in [0.3, 0.4) is 0 Å². The van der Waals surface area contributed by atoms with Gasteiger partial charge in [-0.15, -0.1) is 0 Å². The van der Waals surface area contributed by atoms with Crippen molar-refractivity contribution in [1.82, 2.24) is 4.98 Å². The van der Waals surface area contributed by atoms with E-state index in [0.717, 1.165) is 28.5 Å². The van der Waals surface area contributed by atoms with Crippen LogP contribution in [0, 0.1) is 11.8 Å². The Morgan fingerprint density at radius 3 is 2.72 bits per heavy atom. The van der Waals surface area contributed by atoms with Gasteiger partial charge in [-0.2, -0.15) is 0 Å². The number of ether oxygens (including phenoxy) is 1. The summed E-state index contributed by atoms with van der Waals surface area (Å²) in [4.78, 5) is 28.9. The standard InChI is InChI=1S/C25H25NO3/c1-3-23(27)20-11-16(24(28)12-15-9-14(15)2)10-19-21(13-29-25(19)20)17-5-4-6-22-18(17)7-8-26-22/h4-8,10-11,14-15,21,26H,3,9,12-13H2,1-2H3/t14-,15+,21-/m0/s1. The number of carbonyl (C=O) groups excluding carboxylic acids is 2. The maximum absolute atomic E-state index is 13.0. The number of hydrogen-bond donors (Lipinski definition) is 1. The molecule has 0 spiro atoms. The van der Waals surface area contributed by atoms with Gasteiger partial charge in [-0.3, -0.25) is 9.59 Å². The number of ketones is 2. The maximum Gasteiger partial charge on any atom is 0.166 e. The van der Waals surface area contributed by atoms with Crippen LogP contribution >= 0.6 is 0 Å². The van der Waals surface area contributed by atoms with Crippen LogP contribution in [0.2, 0.25) is 0 Å². The van der Waals surface area contributed by atoms with Crippen molar-refractivity contribution in [2.45, 2.75) is 39.0 Å². The molecule has 0 amide bonds. The van der Waals surface area contributed by atoms with E-state index in [4.69, 9.17) is 4.74 Å². The van der Waals surface area contributed by atoms with Crippen LogP contribution in [-0.4, -0.2) is 23.2 Å². The molecule has 29 heavy (non-hydrogen) atoms. The smallest absolute Gasteiger partial charge is 0.166 e. The molecule has 0 unspecified atom stereocenters. The molecule has 1 aliphatic heterocycles. The fourth-order valence-electron chi connectivity index (χ4n) is 4.60. The molecule has 1 N–H and O–H groups in total. The molecule has 3 aromatic rings. The minimum absolute atomic E-state index is 0.0144. The van der Waals surface area contributed by atoms with Gasteiger partial charge in [0.25, 0.3) is 0 Å². The Hall–Kier alpha value is -2.88. The van der Waals surface area contributed by atoms with Crippen molar-refractivity contribution in [1.29, 1.82) is 0 Å². The summed E-state index contributed by atoms with van der Waals surface area (Å²) in [6.07, 6.45) is 4.02. The highest BCUT2D eigenvalue weighted by Gasteiger charge is 2.36. The summed E-state index contributed by atoms with van der Waals surface area (Å²) in [5.41, 5.74) is 4.41. The molecule has 1 saturated carbocycles. The van der Waals surface area contributed by atoms with Crippen LogP contribution in [0.1, 0.15) is 70.9 Å². The molecule has 2 aromatic carbocycles. The van der Waals surface area contributed by atoms with Gasteiger partial charge < -0.3 is 9.72 Å². The first-order chi connectivity index (χ1) is 14.1. The lowest BCUT2D eigenvalue weighted by molar-refractivity contribution is 0.0974. The second kappa shape index (κ2) is 6.87. The summed E-state index contributed by atoms with van der Waals surface area (Å²) in [6.45, 7) is 4.52. The molecule has 3 atom stereocenters. The third-order valence-corrected chi connectivity index (χ3v) is 6.56. The minimum Gasteiger partial charge on any atom is -0.492 e. The van der Waals surface area contributed by atoms with Crippen molar-refractivity contribution in [2.75, 3.05) is 6.61 Å². The highest BCUT2D eigenvalue weighted by Crippen LogP contribution is 2.45. The number of H-pyrrole nitrogens is 1. The topological polar surface area (TPSA) is 59.2 Å². The molecule has 5 rings (SSSR count). The maximum atomic E-state index is 13.0. The summed E-state index contributed by atoms with van der Waals surface area (Å²) < 4.78 is 6.05. The van der Waals surface area contributed by atoms with Crippen LogP contribution < -0.4 is 4.74 Å². The van der Waals surface area contributed by atoms with Crippen molar-refractivity contribution in [3.8, 4) is 5.75 Å². The molecular weight excluding hydrogens is 362 g/mol. The molecule has 4 nitrogen and oxygen atoms in total. The van der Waals surface area contributed by atoms with Crippen molar-refractivity contribution < 1.29 is 14.3 Å². The zero-order valence-electron chi connectivity index (χ0n) is 16.8. The molecule has 148 valence electrons. The Balaban J connectivity index is 1.61. The van der Waals surface area contributed by atoms with Crippen LogP contribution in [0.4, 0.5) is 0 Å². The summed E-state index contributed by atoms with van der Waals surface area (Å²) in [5.74, 6) is 1.95. The van der Waals surface area contributed by atoms with Gasteiger partial charge in [-0.1, -0.05) is 26.0 Å². The minimum atomic E-state index is 0.0144. The third-order valence-electron chi connectivity index (χ3n) is 6.56. The van der Waals surface area contributed by atoms with E-state index in [-0.39, 0.29) is 17.5 Å². The number of Topliss-reactive ketones (excluding diaryl/α,β-unsaturated/α-hetero) is 2. The average molecular weight is 387 g/mol. The Labute approximate surface area is 170 Å². The molecule has 4 heteroatoms. The summed E-state index contributed by atoms with van der Waals surface area (Å²) in [7, 11) is 0. The van der Waals surface area contributed by atoms with E-state index in [1.807, 2.05) is 25.3 Å². The summed E-state index contributed by atoms with van der Waals surface area (Å²) >= 11 is 0. The lowest BCUT2D eigenvalue weighted by Gasteiger charge is -2.13. The Morgan fingerprint density at radius 1 is 1.14 bits per heavy atom. The predicted octanol–water partition coefficient (Wildman–Crippen LogP) is 5.51. The Kier molecular flexibility index (Phi) is 4.30. The molecule has 2 heterocycles. The largest absolute Gasteiger partial charge is 0.492 e. The van der Waals surface area contributed by atoms with Crippen LogP contribution in [0.5, 0.6) is 5.75 Å². The normalized spacial score (nSPS) is 22.3. The van der Waals surface area contributed by atoms with Gasteiger partial charge in [-0.25, -0.2) is 0 Å². The van der Waals surface area contributed by atoms with E-state index in [2.05, 4.69) is 30.1 Å². The molecule has 0 saturated heterocycles. The first-order valence-electron chi connectivity index (χ1n) is 10.5. The average Bonchev–Trinajstić information content (AvgIpc) is 3.14. The highest BCUT2D eigenvalue weighted by atomic mass is 16.5. The van der Waals surface area contributed by atoms with E-state index in [0.29, 0.717) is 48.2 Å². The number of nitrogens with one attached hydrogen (secondary N) is 1. The van der Waals surface area contributed by atoms with Gasteiger partial charge in [0.1, 0.15) is 5.75 Å². The van der Waals surface area contributed by atoms with E-state index in [9.17, 15) is 9.59 Å².